The molecule has 1 amide bonds. The second-order valence-electron chi connectivity index (χ2n) is 8.12. The molecule has 13 heteroatoms. The van der Waals surface area contributed by atoms with E-state index in [9.17, 15) is 31.5 Å². The summed E-state index contributed by atoms with van der Waals surface area (Å²) in [5, 5.41) is 5.19. The van der Waals surface area contributed by atoms with E-state index < -0.39 is 29.3 Å². The fourth-order valence-electron chi connectivity index (χ4n) is 2.69. The van der Waals surface area contributed by atoms with Crippen molar-refractivity contribution in [3.8, 4) is 11.4 Å². The summed E-state index contributed by atoms with van der Waals surface area (Å²) in [5.74, 6) is -2.51. The zero-order valence-electron chi connectivity index (χ0n) is 20.9. The van der Waals surface area contributed by atoms with E-state index in [0.29, 0.717) is 18.5 Å². The summed E-state index contributed by atoms with van der Waals surface area (Å²) in [7, 11) is 4.11. The van der Waals surface area contributed by atoms with Crippen LogP contribution in [0.15, 0.2) is 42.7 Å². The van der Waals surface area contributed by atoms with Crippen LogP contribution < -0.4 is 10.6 Å². The number of nitrogens with one attached hydrogen (secondary N) is 2. The molecule has 0 atom stereocenters. The summed E-state index contributed by atoms with van der Waals surface area (Å²) in [6, 6.07) is 4.96. The monoisotopic (exact) mass is 538 g/mol. The van der Waals surface area contributed by atoms with Crippen molar-refractivity contribution < 1.29 is 31.5 Å². The number of alkyl halides is 3. The molecule has 0 saturated carbocycles. The number of hydrogen-bond donors (Lipinski definition) is 2. The minimum absolute atomic E-state index is 0.00155. The zero-order valence-corrected chi connectivity index (χ0v) is 20.9. The zero-order chi connectivity index (χ0) is 28.3. The van der Waals surface area contributed by atoms with Crippen LogP contribution in [0.2, 0.25) is 0 Å². The van der Waals surface area contributed by atoms with Crippen molar-refractivity contribution in [2.24, 2.45) is 0 Å². The molecule has 3 aromatic rings. The third-order valence-electron chi connectivity index (χ3n) is 4.94. The van der Waals surface area contributed by atoms with Gasteiger partial charge in [-0.3, -0.25) is 9.78 Å². The van der Waals surface area contributed by atoms with E-state index in [1.54, 1.807) is 0 Å². The van der Waals surface area contributed by atoms with E-state index >= 15 is 0 Å². The third kappa shape index (κ3) is 9.47. The molecule has 2 N–H and O–H groups in total. The van der Waals surface area contributed by atoms with Crippen molar-refractivity contribution in [2.75, 3.05) is 32.5 Å². The second kappa shape index (κ2) is 14.1. The van der Waals surface area contributed by atoms with E-state index in [2.05, 4.69) is 51.5 Å². The van der Waals surface area contributed by atoms with Crippen molar-refractivity contribution in [1.29, 1.82) is 0 Å². The van der Waals surface area contributed by atoms with Crippen LogP contribution in [0.1, 0.15) is 35.0 Å². The molecule has 0 aliphatic rings. The Kier molecular flexibility index (Phi) is 11.2. The second-order valence-corrected chi connectivity index (χ2v) is 8.12. The maximum Gasteiger partial charge on any atom is 0.417 e. The Bertz CT molecular complexity index is 1240. The Morgan fingerprint density at radius 2 is 1.79 bits per heavy atom. The van der Waals surface area contributed by atoms with Gasteiger partial charge in [0.25, 0.3) is 5.91 Å². The topological polar surface area (TPSA) is 100 Å². The first-order chi connectivity index (χ1) is 17.9. The Balaban J connectivity index is 0.000000926. The minimum atomic E-state index is -4.66. The van der Waals surface area contributed by atoms with Crippen molar-refractivity contribution in [2.45, 2.75) is 26.1 Å². The molecule has 204 valence electrons. The summed E-state index contributed by atoms with van der Waals surface area (Å²) in [5.41, 5.74) is -1.25. The van der Waals surface area contributed by atoms with Gasteiger partial charge < -0.3 is 20.3 Å². The first kappa shape index (κ1) is 30.2. The first-order valence-electron chi connectivity index (χ1n) is 11.4. The number of anilines is 1. The molecular formula is C25H27F5N6O2. The Labute approximate surface area is 216 Å². The quantitative estimate of drug-likeness (QED) is 0.238. The normalized spacial score (nSPS) is 11.0. The standard InChI is InChI=1S/C21H16F5N5O2.C4H11N/c22-15-3-2-12(16(23)7-15)10-29-18-8-17(20(33)28-4-1-5-32)30-19(31-18)13-6-14(11-27-9-13)21(24,25)26;1-4-5(2)3/h2-3,5-9,11H,1,4,10H2,(H,28,33)(H,29,30,31);4H2,1-3H3. The predicted octanol–water partition coefficient (Wildman–Crippen LogP) is 4.33. The Hall–Kier alpha value is -4.00. The lowest BCUT2D eigenvalue weighted by atomic mass is 10.2. The van der Waals surface area contributed by atoms with Gasteiger partial charge in [-0.25, -0.2) is 18.7 Å². The average molecular weight is 539 g/mol. The van der Waals surface area contributed by atoms with Gasteiger partial charge in [-0.2, -0.15) is 13.2 Å². The SMILES string of the molecule is CCN(C)C.O=CCCNC(=O)c1cc(NCc2ccc(F)cc2F)nc(-c2cncc(C(F)(F)F)c2)n1. The molecule has 2 heterocycles. The average Bonchev–Trinajstić information content (AvgIpc) is 2.88. The van der Waals surface area contributed by atoms with E-state index in [-0.39, 0.29) is 48.0 Å². The molecule has 0 aliphatic heterocycles. The number of amides is 1. The van der Waals surface area contributed by atoms with Gasteiger partial charge in [-0.05, 0) is 32.8 Å². The smallest absolute Gasteiger partial charge is 0.366 e. The maximum absolute atomic E-state index is 13.9. The molecule has 0 saturated heterocycles. The lowest BCUT2D eigenvalue weighted by Crippen LogP contribution is -2.26. The summed E-state index contributed by atoms with van der Waals surface area (Å²) in [4.78, 5) is 36.7. The molecule has 1 aromatic carbocycles. The van der Waals surface area contributed by atoms with Crippen LogP contribution in [-0.4, -0.2) is 59.2 Å². The maximum atomic E-state index is 13.9. The highest BCUT2D eigenvalue weighted by Gasteiger charge is 2.31. The van der Waals surface area contributed by atoms with Gasteiger partial charge in [0.2, 0.25) is 0 Å². The molecule has 2 aromatic heterocycles. The molecule has 3 rings (SSSR count). The van der Waals surface area contributed by atoms with Gasteiger partial charge in [0, 0.05) is 55.2 Å². The highest BCUT2D eigenvalue weighted by Crippen LogP contribution is 2.31. The first-order valence-corrected chi connectivity index (χ1v) is 11.4. The summed E-state index contributed by atoms with van der Waals surface area (Å²) in [6.07, 6.45) is -2.27. The fourth-order valence-corrected chi connectivity index (χ4v) is 2.69. The van der Waals surface area contributed by atoms with Gasteiger partial charge in [0.05, 0.1) is 5.56 Å². The van der Waals surface area contributed by atoms with Crippen LogP contribution in [0.5, 0.6) is 0 Å². The molecular weight excluding hydrogens is 511 g/mol. The minimum Gasteiger partial charge on any atom is -0.366 e. The van der Waals surface area contributed by atoms with E-state index in [1.165, 1.54) is 12.1 Å². The Morgan fingerprint density at radius 3 is 2.39 bits per heavy atom. The largest absolute Gasteiger partial charge is 0.417 e. The van der Waals surface area contributed by atoms with Gasteiger partial charge in [-0.1, -0.05) is 13.0 Å². The summed E-state index contributed by atoms with van der Waals surface area (Å²) in [6.45, 7) is 3.13. The molecule has 0 bridgehead atoms. The lowest BCUT2D eigenvalue weighted by molar-refractivity contribution is -0.137. The number of nitrogens with zero attached hydrogens (tertiary/aromatic N) is 4. The van der Waals surface area contributed by atoms with Crippen LogP contribution in [0.3, 0.4) is 0 Å². The molecule has 0 radical (unpaired) electrons. The van der Waals surface area contributed by atoms with Crippen molar-refractivity contribution >= 4 is 18.0 Å². The predicted molar refractivity (Wildman–Crippen MR) is 131 cm³/mol. The van der Waals surface area contributed by atoms with Crippen molar-refractivity contribution in [3.05, 3.63) is 71.2 Å². The highest BCUT2D eigenvalue weighted by atomic mass is 19.4. The number of rotatable bonds is 9. The molecule has 0 aliphatic carbocycles. The van der Waals surface area contributed by atoms with Gasteiger partial charge in [0.1, 0.15) is 29.4 Å². The Morgan fingerprint density at radius 1 is 1.08 bits per heavy atom. The molecule has 38 heavy (non-hydrogen) atoms. The van der Waals surface area contributed by atoms with Crippen LogP contribution in [-0.2, 0) is 17.5 Å². The van der Waals surface area contributed by atoms with Crippen molar-refractivity contribution in [3.63, 3.8) is 0 Å². The molecule has 0 unspecified atom stereocenters. The van der Waals surface area contributed by atoms with Crippen LogP contribution in [0.25, 0.3) is 11.4 Å². The van der Waals surface area contributed by atoms with Crippen LogP contribution >= 0.6 is 0 Å². The summed E-state index contributed by atoms with van der Waals surface area (Å²) < 4.78 is 66.2. The van der Waals surface area contributed by atoms with Gasteiger partial charge in [-0.15, -0.1) is 0 Å². The van der Waals surface area contributed by atoms with E-state index in [1.807, 2.05) is 0 Å². The fraction of sp³-hybridized carbons (Fsp3) is 0.320. The number of carbonyl (C=O) groups is 2. The molecule has 0 fully saturated rings. The number of hydrogen-bond acceptors (Lipinski definition) is 7. The number of carbonyl (C=O) groups excluding carboxylic acids is 2. The third-order valence-corrected chi connectivity index (χ3v) is 4.94. The van der Waals surface area contributed by atoms with E-state index in [0.717, 1.165) is 24.9 Å². The van der Waals surface area contributed by atoms with E-state index in [4.69, 9.17) is 0 Å². The summed E-state index contributed by atoms with van der Waals surface area (Å²) >= 11 is 0. The van der Waals surface area contributed by atoms with Gasteiger partial charge >= 0.3 is 6.18 Å². The number of halogens is 5. The van der Waals surface area contributed by atoms with Crippen molar-refractivity contribution in [1.82, 2.24) is 25.2 Å². The lowest BCUT2D eigenvalue weighted by Gasteiger charge is -2.12. The van der Waals surface area contributed by atoms with Crippen LogP contribution in [0.4, 0.5) is 27.8 Å². The number of aldehydes is 1. The van der Waals surface area contributed by atoms with Crippen LogP contribution in [0, 0.1) is 11.6 Å². The molecule has 8 nitrogen and oxygen atoms in total. The number of pyridine rings is 1. The molecule has 0 spiro atoms. The number of aromatic nitrogens is 3. The van der Waals surface area contributed by atoms with Gasteiger partial charge in [0.15, 0.2) is 5.82 Å². The highest BCUT2D eigenvalue weighted by molar-refractivity contribution is 5.93. The number of benzene rings is 1.